The zero-order chi connectivity index (χ0) is 11.8. The predicted octanol–water partition coefficient (Wildman–Crippen LogP) is 2.20. The fourth-order valence-electron chi connectivity index (χ4n) is 2.09. The molecule has 0 aliphatic heterocycles. The van der Waals surface area contributed by atoms with Gasteiger partial charge in [0.05, 0.1) is 12.9 Å². The molecule has 0 aromatic rings. The first-order valence-corrected chi connectivity index (χ1v) is 7.24. The molecule has 0 aromatic heterocycles. The van der Waals surface area contributed by atoms with Gasteiger partial charge in [0.2, 0.25) is 0 Å². The minimum absolute atomic E-state index is 0.107. The first-order chi connectivity index (χ1) is 7.77. The summed E-state index contributed by atoms with van der Waals surface area (Å²) in [6, 6.07) is 0.586. The van der Waals surface area contributed by atoms with Crippen LogP contribution in [0.3, 0.4) is 0 Å². The molecule has 0 spiro atoms. The van der Waals surface area contributed by atoms with Gasteiger partial charge in [-0.1, -0.05) is 19.8 Å². The third-order valence-corrected chi connectivity index (χ3v) is 4.40. The molecule has 2 atom stereocenters. The summed E-state index contributed by atoms with van der Waals surface area (Å²) in [5, 5.41) is 4.17. The largest absolute Gasteiger partial charge is 0.468 e. The zero-order valence-corrected chi connectivity index (χ0v) is 11.1. The minimum Gasteiger partial charge on any atom is -0.468 e. The van der Waals surface area contributed by atoms with E-state index in [4.69, 9.17) is 0 Å². The minimum atomic E-state index is -0.107. The van der Waals surface area contributed by atoms with E-state index in [9.17, 15) is 4.79 Å². The number of rotatable bonds is 6. The third kappa shape index (κ3) is 4.74. The van der Waals surface area contributed by atoms with Crippen molar-refractivity contribution < 1.29 is 9.53 Å². The summed E-state index contributed by atoms with van der Waals surface area (Å²) in [6.07, 6.45) is 6.26. The number of thioether (sulfide) groups is 1. The monoisotopic (exact) mass is 245 g/mol. The summed E-state index contributed by atoms with van der Waals surface area (Å²) in [7, 11) is 1.45. The van der Waals surface area contributed by atoms with Gasteiger partial charge in [0.1, 0.15) is 0 Å². The predicted molar refractivity (Wildman–Crippen MR) is 68.8 cm³/mol. The van der Waals surface area contributed by atoms with E-state index < -0.39 is 0 Å². The summed E-state index contributed by atoms with van der Waals surface area (Å²) < 4.78 is 4.68. The Labute approximate surface area is 103 Å². The lowest BCUT2D eigenvalue weighted by atomic mass is 9.95. The molecule has 16 heavy (non-hydrogen) atoms. The molecule has 0 heterocycles. The van der Waals surface area contributed by atoms with Gasteiger partial charge >= 0.3 is 5.97 Å². The number of nitrogens with one attached hydrogen (secondary N) is 1. The highest BCUT2D eigenvalue weighted by Crippen LogP contribution is 2.28. The van der Waals surface area contributed by atoms with Crippen molar-refractivity contribution in [3.8, 4) is 0 Å². The van der Waals surface area contributed by atoms with E-state index in [1.807, 2.05) is 0 Å². The first kappa shape index (κ1) is 13.8. The number of carbonyl (C=O) groups excluding carboxylic acids is 1. The summed E-state index contributed by atoms with van der Waals surface area (Å²) in [5.41, 5.74) is 0. The Morgan fingerprint density at radius 1 is 1.44 bits per heavy atom. The van der Waals surface area contributed by atoms with Gasteiger partial charge in [-0.25, -0.2) is 0 Å². The molecule has 1 rings (SSSR count). The van der Waals surface area contributed by atoms with Gasteiger partial charge in [0, 0.05) is 11.3 Å². The molecule has 1 fully saturated rings. The molecule has 4 heteroatoms. The van der Waals surface area contributed by atoms with Crippen LogP contribution in [0.4, 0.5) is 0 Å². The van der Waals surface area contributed by atoms with Crippen LogP contribution in [0.15, 0.2) is 0 Å². The Morgan fingerprint density at radius 3 is 2.88 bits per heavy atom. The summed E-state index contributed by atoms with van der Waals surface area (Å²) in [4.78, 5) is 11.1. The number of ether oxygens (including phenoxy) is 1. The fraction of sp³-hybridized carbons (Fsp3) is 0.917. The molecule has 0 aromatic carbocycles. The Hall–Kier alpha value is -0.220. The lowest BCUT2D eigenvalue weighted by Gasteiger charge is -2.31. The quantitative estimate of drug-likeness (QED) is 0.728. The van der Waals surface area contributed by atoms with Crippen molar-refractivity contribution in [3.63, 3.8) is 0 Å². The van der Waals surface area contributed by atoms with Gasteiger partial charge in [0.25, 0.3) is 0 Å². The standard InChI is InChI=1S/C12H23NO2S/c1-3-8-13-10-6-4-5-7-11(10)16-9-12(14)15-2/h10-11,13H,3-9H2,1-2H3. The Morgan fingerprint density at radius 2 is 2.19 bits per heavy atom. The van der Waals surface area contributed by atoms with Crippen molar-refractivity contribution in [1.29, 1.82) is 0 Å². The number of hydrogen-bond acceptors (Lipinski definition) is 4. The molecule has 1 saturated carbocycles. The van der Waals surface area contributed by atoms with Crippen molar-refractivity contribution in [2.75, 3.05) is 19.4 Å². The molecule has 0 bridgehead atoms. The fourth-order valence-corrected chi connectivity index (χ4v) is 3.36. The Kier molecular flexibility index (Phi) is 6.88. The van der Waals surface area contributed by atoms with E-state index in [2.05, 4.69) is 17.0 Å². The van der Waals surface area contributed by atoms with Crippen LogP contribution in [-0.2, 0) is 9.53 Å². The molecule has 1 aliphatic rings. The van der Waals surface area contributed by atoms with Crippen LogP contribution in [0.2, 0.25) is 0 Å². The zero-order valence-electron chi connectivity index (χ0n) is 10.3. The highest BCUT2D eigenvalue weighted by atomic mass is 32.2. The maximum atomic E-state index is 11.1. The van der Waals surface area contributed by atoms with Crippen LogP contribution < -0.4 is 5.32 Å². The van der Waals surface area contributed by atoms with Crippen LogP contribution in [0, 0.1) is 0 Å². The second-order valence-electron chi connectivity index (χ2n) is 4.27. The van der Waals surface area contributed by atoms with E-state index in [0.717, 1.165) is 6.54 Å². The Balaban J connectivity index is 2.31. The van der Waals surface area contributed by atoms with Crippen LogP contribution >= 0.6 is 11.8 Å². The number of carbonyl (C=O) groups is 1. The van der Waals surface area contributed by atoms with Gasteiger partial charge in [-0.15, -0.1) is 11.8 Å². The van der Waals surface area contributed by atoms with Crippen LogP contribution in [0.5, 0.6) is 0 Å². The van der Waals surface area contributed by atoms with Crippen LogP contribution in [0.1, 0.15) is 39.0 Å². The molecule has 94 valence electrons. The second-order valence-corrected chi connectivity index (χ2v) is 5.50. The molecule has 0 radical (unpaired) electrons. The van der Waals surface area contributed by atoms with Crippen molar-refractivity contribution in [3.05, 3.63) is 0 Å². The maximum absolute atomic E-state index is 11.1. The lowest BCUT2D eigenvalue weighted by molar-refractivity contribution is -0.137. The van der Waals surface area contributed by atoms with Gasteiger partial charge in [-0.3, -0.25) is 4.79 Å². The SMILES string of the molecule is CCCNC1CCCCC1SCC(=O)OC. The summed E-state index contributed by atoms with van der Waals surface area (Å²) in [6.45, 7) is 3.27. The number of esters is 1. The molecule has 2 unspecified atom stereocenters. The Bertz CT molecular complexity index is 211. The van der Waals surface area contributed by atoms with E-state index in [-0.39, 0.29) is 5.97 Å². The average molecular weight is 245 g/mol. The third-order valence-electron chi connectivity index (χ3n) is 3.00. The normalized spacial score (nSPS) is 25.4. The second kappa shape index (κ2) is 7.96. The molecule has 3 nitrogen and oxygen atoms in total. The molecular weight excluding hydrogens is 222 g/mol. The highest BCUT2D eigenvalue weighted by molar-refractivity contribution is 8.00. The van der Waals surface area contributed by atoms with E-state index in [1.165, 1.54) is 39.2 Å². The number of hydrogen-bond donors (Lipinski definition) is 1. The van der Waals surface area contributed by atoms with E-state index in [1.54, 1.807) is 11.8 Å². The maximum Gasteiger partial charge on any atom is 0.315 e. The van der Waals surface area contributed by atoms with Gasteiger partial charge < -0.3 is 10.1 Å². The molecule has 1 N–H and O–H groups in total. The van der Waals surface area contributed by atoms with Crippen molar-refractivity contribution in [1.82, 2.24) is 5.32 Å². The van der Waals surface area contributed by atoms with Gasteiger partial charge in [-0.05, 0) is 25.8 Å². The molecule has 1 aliphatic carbocycles. The number of methoxy groups -OCH3 is 1. The topological polar surface area (TPSA) is 38.3 Å². The molecule has 0 saturated heterocycles. The van der Waals surface area contributed by atoms with E-state index >= 15 is 0 Å². The van der Waals surface area contributed by atoms with Crippen LogP contribution in [0.25, 0.3) is 0 Å². The van der Waals surface area contributed by atoms with Crippen molar-refractivity contribution in [2.45, 2.75) is 50.3 Å². The smallest absolute Gasteiger partial charge is 0.315 e. The summed E-state index contributed by atoms with van der Waals surface area (Å²) >= 11 is 1.75. The van der Waals surface area contributed by atoms with E-state index in [0.29, 0.717) is 17.0 Å². The van der Waals surface area contributed by atoms with Crippen molar-refractivity contribution in [2.24, 2.45) is 0 Å². The van der Waals surface area contributed by atoms with Crippen LogP contribution in [-0.4, -0.2) is 36.7 Å². The highest BCUT2D eigenvalue weighted by Gasteiger charge is 2.25. The van der Waals surface area contributed by atoms with Gasteiger partial charge in [-0.2, -0.15) is 0 Å². The summed E-state index contributed by atoms with van der Waals surface area (Å²) in [5.74, 6) is 0.385. The lowest BCUT2D eigenvalue weighted by Crippen LogP contribution is -2.41. The molecular formula is C12H23NO2S. The van der Waals surface area contributed by atoms with Crippen molar-refractivity contribution >= 4 is 17.7 Å². The average Bonchev–Trinajstić information content (AvgIpc) is 2.34. The molecule has 0 amide bonds. The first-order valence-electron chi connectivity index (χ1n) is 6.19. The van der Waals surface area contributed by atoms with Gasteiger partial charge in [0.15, 0.2) is 0 Å².